The Labute approximate surface area is 145 Å². The van der Waals surface area contributed by atoms with E-state index < -0.39 is 0 Å². The fraction of sp³-hybridized carbons (Fsp3) is 0.211. The van der Waals surface area contributed by atoms with Crippen LogP contribution >= 0.6 is 0 Å². The minimum atomic E-state index is -0.388. The van der Waals surface area contributed by atoms with Gasteiger partial charge in [-0.2, -0.15) is 5.26 Å². The van der Waals surface area contributed by atoms with Crippen LogP contribution in [0.3, 0.4) is 0 Å². The number of hydrogen-bond donors (Lipinski definition) is 1. The lowest BCUT2D eigenvalue weighted by Gasteiger charge is -2.21. The molecule has 0 radical (unpaired) electrons. The van der Waals surface area contributed by atoms with Crippen molar-refractivity contribution in [1.29, 1.82) is 5.26 Å². The predicted octanol–water partition coefficient (Wildman–Crippen LogP) is 3.07. The molecule has 1 N–H and O–H groups in total. The van der Waals surface area contributed by atoms with Crippen molar-refractivity contribution >= 4 is 17.5 Å². The van der Waals surface area contributed by atoms with Gasteiger partial charge in [-0.05, 0) is 18.2 Å². The zero-order chi connectivity index (χ0) is 18.2. The maximum Gasteiger partial charge on any atom is 0.226 e. The Kier molecular flexibility index (Phi) is 6.24. The smallest absolute Gasteiger partial charge is 0.226 e. The van der Waals surface area contributed by atoms with Crippen LogP contribution in [0.2, 0.25) is 0 Å². The molecule has 2 aromatic carbocycles. The number of nitrogens with one attached hydrogen (secondary N) is 1. The second-order valence-corrected chi connectivity index (χ2v) is 5.49. The second-order valence-electron chi connectivity index (χ2n) is 5.49. The van der Waals surface area contributed by atoms with Crippen molar-refractivity contribution < 1.29 is 14.0 Å². The molecule has 0 aromatic heterocycles. The van der Waals surface area contributed by atoms with Gasteiger partial charge in [0, 0.05) is 32.0 Å². The number of amides is 2. The number of halogens is 1. The van der Waals surface area contributed by atoms with Gasteiger partial charge >= 0.3 is 0 Å². The Hall–Kier alpha value is -3.20. The third kappa shape index (κ3) is 5.15. The summed E-state index contributed by atoms with van der Waals surface area (Å²) in [6.45, 7) is 1.64. The fourth-order valence-corrected chi connectivity index (χ4v) is 2.32. The number of benzene rings is 2. The van der Waals surface area contributed by atoms with Gasteiger partial charge in [-0.3, -0.25) is 9.59 Å². The van der Waals surface area contributed by atoms with Gasteiger partial charge in [0.1, 0.15) is 11.9 Å². The van der Waals surface area contributed by atoms with Gasteiger partial charge < -0.3 is 10.2 Å². The third-order valence-corrected chi connectivity index (χ3v) is 3.69. The number of carbonyl (C=O) groups excluding carboxylic acids is 2. The molecule has 0 unspecified atom stereocenters. The van der Waals surface area contributed by atoms with E-state index in [0.717, 1.165) is 0 Å². The molecule has 2 rings (SSSR count). The van der Waals surface area contributed by atoms with Crippen molar-refractivity contribution in [2.75, 3.05) is 11.9 Å². The summed E-state index contributed by atoms with van der Waals surface area (Å²) < 4.78 is 13.7. The number of nitriles is 1. The molecule has 25 heavy (non-hydrogen) atoms. The van der Waals surface area contributed by atoms with Crippen LogP contribution in [-0.2, 0) is 16.1 Å². The van der Waals surface area contributed by atoms with E-state index in [2.05, 4.69) is 5.32 Å². The summed E-state index contributed by atoms with van der Waals surface area (Å²) in [6, 6.07) is 14.9. The summed E-state index contributed by atoms with van der Waals surface area (Å²) >= 11 is 0. The van der Waals surface area contributed by atoms with E-state index in [1.54, 1.807) is 42.5 Å². The second kappa shape index (κ2) is 8.60. The van der Waals surface area contributed by atoms with Crippen molar-refractivity contribution in [3.63, 3.8) is 0 Å². The van der Waals surface area contributed by atoms with E-state index in [1.807, 2.05) is 6.07 Å². The summed E-state index contributed by atoms with van der Waals surface area (Å²) in [6.07, 6.45) is 0.0494. The maximum absolute atomic E-state index is 13.7. The van der Waals surface area contributed by atoms with Gasteiger partial charge in [0.05, 0.1) is 11.3 Å². The predicted molar refractivity (Wildman–Crippen MR) is 91.9 cm³/mol. The van der Waals surface area contributed by atoms with Crippen LogP contribution in [0, 0.1) is 17.1 Å². The molecule has 0 atom stereocenters. The third-order valence-electron chi connectivity index (χ3n) is 3.69. The molecule has 0 aliphatic rings. The number of rotatable bonds is 6. The summed E-state index contributed by atoms with van der Waals surface area (Å²) in [5, 5.41) is 11.7. The average Bonchev–Trinajstić information content (AvgIpc) is 2.60. The number of para-hydroxylation sites is 1. The van der Waals surface area contributed by atoms with E-state index in [4.69, 9.17) is 5.26 Å². The largest absolute Gasteiger partial charge is 0.338 e. The Morgan fingerprint density at radius 3 is 2.52 bits per heavy atom. The Morgan fingerprint density at radius 2 is 1.84 bits per heavy atom. The molecule has 2 amide bonds. The Balaban J connectivity index is 1.97. The van der Waals surface area contributed by atoms with Gasteiger partial charge in [0.15, 0.2) is 0 Å². The molecule has 0 bridgehead atoms. The quantitative estimate of drug-likeness (QED) is 0.879. The van der Waals surface area contributed by atoms with Crippen LogP contribution in [0.1, 0.15) is 24.5 Å². The first-order chi connectivity index (χ1) is 12.0. The standard InChI is InChI=1S/C19H18FN3O2/c1-14(24)23(13-16-7-2-4-8-17(16)20)11-10-19(25)22-18-9-5-3-6-15(18)12-21/h2-9H,10-11,13H2,1H3,(H,22,25). The fourth-order valence-electron chi connectivity index (χ4n) is 2.32. The van der Waals surface area contributed by atoms with E-state index in [0.29, 0.717) is 16.8 Å². The molecule has 0 spiro atoms. The number of carbonyl (C=O) groups is 2. The van der Waals surface area contributed by atoms with Gasteiger partial charge in [-0.15, -0.1) is 0 Å². The maximum atomic E-state index is 13.7. The molecule has 5 nitrogen and oxygen atoms in total. The first kappa shape index (κ1) is 18.1. The topological polar surface area (TPSA) is 73.2 Å². The van der Waals surface area contributed by atoms with Crippen LogP contribution in [0.4, 0.5) is 10.1 Å². The highest BCUT2D eigenvalue weighted by atomic mass is 19.1. The van der Waals surface area contributed by atoms with E-state index in [1.165, 1.54) is 17.9 Å². The summed E-state index contributed by atoms with van der Waals surface area (Å²) in [5.74, 6) is -0.947. The molecule has 0 saturated heterocycles. The lowest BCUT2D eigenvalue weighted by Crippen LogP contribution is -2.32. The zero-order valence-corrected chi connectivity index (χ0v) is 13.8. The SMILES string of the molecule is CC(=O)N(CCC(=O)Nc1ccccc1C#N)Cc1ccccc1F. The molecule has 0 aliphatic heterocycles. The zero-order valence-electron chi connectivity index (χ0n) is 13.8. The van der Waals surface area contributed by atoms with Crippen molar-refractivity contribution in [3.05, 3.63) is 65.5 Å². The van der Waals surface area contributed by atoms with Gasteiger partial charge in [0.25, 0.3) is 0 Å². The molecule has 0 fully saturated rings. The first-order valence-electron chi connectivity index (χ1n) is 7.79. The lowest BCUT2D eigenvalue weighted by atomic mass is 10.2. The van der Waals surface area contributed by atoms with Crippen LogP contribution < -0.4 is 5.32 Å². The van der Waals surface area contributed by atoms with Crippen molar-refractivity contribution in [2.24, 2.45) is 0 Å². The molecular weight excluding hydrogens is 321 g/mol. The lowest BCUT2D eigenvalue weighted by molar-refractivity contribution is -0.130. The first-order valence-corrected chi connectivity index (χ1v) is 7.79. The van der Waals surface area contributed by atoms with Crippen LogP contribution in [-0.4, -0.2) is 23.3 Å². The van der Waals surface area contributed by atoms with Crippen molar-refractivity contribution in [3.8, 4) is 6.07 Å². The molecule has 0 saturated carbocycles. The normalized spacial score (nSPS) is 9.96. The Bertz CT molecular complexity index is 814. The molecule has 0 aliphatic carbocycles. The number of anilines is 1. The van der Waals surface area contributed by atoms with E-state index >= 15 is 0 Å². The van der Waals surface area contributed by atoms with E-state index in [-0.39, 0.29) is 37.1 Å². The molecule has 0 heterocycles. The van der Waals surface area contributed by atoms with Crippen molar-refractivity contribution in [2.45, 2.75) is 19.9 Å². The average molecular weight is 339 g/mol. The van der Waals surface area contributed by atoms with Gasteiger partial charge in [-0.1, -0.05) is 30.3 Å². The van der Waals surface area contributed by atoms with E-state index in [9.17, 15) is 14.0 Å². The molecule has 128 valence electrons. The molecular formula is C19H18FN3O2. The van der Waals surface area contributed by atoms with Crippen LogP contribution in [0.15, 0.2) is 48.5 Å². The summed E-state index contributed by atoms with van der Waals surface area (Å²) in [7, 11) is 0. The van der Waals surface area contributed by atoms with Gasteiger partial charge in [-0.25, -0.2) is 4.39 Å². The molecule has 2 aromatic rings. The minimum absolute atomic E-state index is 0.0494. The van der Waals surface area contributed by atoms with Crippen LogP contribution in [0.25, 0.3) is 0 Å². The highest BCUT2D eigenvalue weighted by molar-refractivity contribution is 5.92. The van der Waals surface area contributed by atoms with Gasteiger partial charge in [0.2, 0.25) is 11.8 Å². The summed E-state index contributed by atoms with van der Waals surface area (Å²) in [5.41, 5.74) is 1.19. The number of hydrogen-bond acceptors (Lipinski definition) is 3. The van der Waals surface area contributed by atoms with Crippen LogP contribution in [0.5, 0.6) is 0 Å². The highest BCUT2D eigenvalue weighted by Crippen LogP contribution is 2.14. The minimum Gasteiger partial charge on any atom is -0.338 e. The Morgan fingerprint density at radius 1 is 1.16 bits per heavy atom. The summed E-state index contributed by atoms with van der Waals surface area (Å²) in [4.78, 5) is 25.3. The number of nitrogens with zero attached hydrogens (tertiary/aromatic N) is 2. The van der Waals surface area contributed by atoms with Crippen molar-refractivity contribution in [1.82, 2.24) is 4.90 Å². The molecule has 6 heteroatoms. The monoisotopic (exact) mass is 339 g/mol. The highest BCUT2D eigenvalue weighted by Gasteiger charge is 2.14.